The monoisotopic (exact) mass is 162 g/mol. The van der Waals surface area contributed by atoms with Crippen LogP contribution in [-0.2, 0) is 6.54 Å². The molecule has 0 unspecified atom stereocenters. The predicted octanol–water partition coefficient (Wildman–Crippen LogP) is 0.854. The number of nitrogen functional groups attached to an aromatic ring is 1. The van der Waals surface area contributed by atoms with Crippen LogP contribution in [0.3, 0.4) is 0 Å². The summed E-state index contributed by atoms with van der Waals surface area (Å²) in [6.45, 7) is 0.640. The van der Waals surface area contributed by atoms with Gasteiger partial charge in [0.05, 0.1) is 0 Å². The molecule has 0 saturated heterocycles. The number of nitrogens with two attached hydrogens (primary N) is 1. The molecule has 12 heavy (non-hydrogen) atoms. The largest absolute Gasteiger partial charge is 0.398 e. The molecular formula is C9H10N2O. The molecule has 0 spiro atoms. The summed E-state index contributed by atoms with van der Waals surface area (Å²) in [6.07, 6.45) is 0. The summed E-state index contributed by atoms with van der Waals surface area (Å²) in [7, 11) is 1.78. The number of rotatable bonds is 0. The van der Waals surface area contributed by atoms with E-state index in [2.05, 4.69) is 0 Å². The van der Waals surface area contributed by atoms with Crippen molar-refractivity contribution in [1.29, 1.82) is 0 Å². The highest BCUT2D eigenvalue weighted by atomic mass is 16.2. The minimum Gasteiger partial charge on any atom is -0.398 e. The van der Waals surface area contributed by atoms with Crippen molar-refractivity contribution in [3.8, 4) is 0 Å². The fourth-order valence-electron chi connectivity index (χ4n) is 1.50. The number of amides is 1. The first-order valence-corrected chi connectivity index (χ1v) is 3.83. The van der Waals surface area contributed by atoms with E-state index in [1.807, 2.05) is 18.2 Å². The fourth-order valence-corrected chi connectivity index (χ4v) is 1.50. The van der Waals surface area contributed by atoms with E-state index in [1.165, 1.54) is 0 Å². The zero-order valence-corrected chi connectivity index (χ0v) is 6.87. The molecule has 1 aliphatic rings. The van der Waals surface area contributed by atoms with Crippen molar-refractivity contribution in [1.82, 2.24) is 4.90 Å². The lowest BCUT2D eigenvalue weighted by Gasteiger charge is -2.04. The van der Waals surface area contributed by atoms with Gasteiger partial charge in [-0.05, 0) is 12.1 Å². The summed E-state index contributed by atoms with van der Waals surface area (Å²) in [5.41, 5.74) is 8.14. The highest BCUT2D eigenvalue weighted by Crippen LogP contribution is 2.25. The van der Waals surface area contributed by atoms with E-state index in [0.717, 1.165) is 11.1 Å². The minimum atomic E-state index is 0.0669. The van der Waals surface area contributed by atoms with Crippen molar-refractivity contribution in [3.05, 3.63) is 29.3 Å². The number of carbonyl (C=O) groups is 1. The minimum absolute atomic E-state index is 0.0669. The standard InChI is InChI=1S/C9H10N2O/c1-11-5-7-6(9(11)12)3-2-4-8(7)10/h2-4H,5,10H2,1H3. The first kappa shape index (κ1) is 7.16. The Morgan fingerprint density at radius 1 is 1.50 bits per heavy atom. The van der Waals surface area contributed by atoms with Crippen LogP contribution in [0, 0.1) is 0 Å². The summed E-state index contributed by atoms with van der Waals surface area (Å²) in [4.78, 5) is 13.1. The van der Waals surface area contributed by atoms with E-state index in [9.17, 15) is 4.79 Å². The zero-order chi connectivity index (χ0) is 8.72. The molecule has 0 atom stereocenters. The van der Waals surface area contributed by atoms with Gasteiger partial charge in [0.25, 0.3) is 5.91 Å². The van der Waals surface area contributed by atoms with Crippen molar-refractivity contribution in [2.45, 2.75) is 6.54 Å². The molecule has 0 aromatic heterocycles. The SMILES string of the molecule is CN1Cc2c(N)cccc2C1=O. The molecule has 2 rings (SSSR count). The lowest BCUT2D eigenvalue weighted by molar-refractivity contribution is 0.0816. The van der Waals surface area contributed by atoms with Gasteiger partial charge in [-0.3, -0.25) is 4.79 Å². The number of carbonyl (C=O) groups excluding carboxylic acids is 1. The highest BCUT2D eigenvalue weighted by Gasteiger charge is 2.25. The fraction of sp³-hybridized carbons (Fsp3) is 0.222. The third kappa shape index (κ3) is 0.794. The Morgan fingerprint density at radius 3 is 2.92 bits per heavy atom. The van der Waals surface area contributed by atoms with E-state index in [-0.39, 0.29) is 5.91 Å². The third-order valence-electron chi connectivity index (χ3n) is 2.18. The molecule has 1 heterocycles. The first-order valence-electron chi connectivity index (χ1n) is 3.83. The Bertz CT molecular complexity index is 346. The second-order valence-corrected chi connectivity index (χ2v) is 3.03. The molecule has 0 saturated carbocycles. The molecule has 1 aromatic carbocycles. The van der Waals surface area contributed by atoms with E-state index < -0.39 is 0 Å². The number of hydrogen-bond donors (Lipinski definition) is 1. The molecule has 62 valence electrons. The molecule has 1 amide bonds. The number of hydrogen-bond acceptors (Lipinski definition) is 2. The lowest BCUT2D eigenvalue weighted by Crippen LogP contribution is -2.17. The van der Waals surface area contributed by atoms with Crippen molar-refractivity contribution < 1.29 is 4.79 Å². The van der Waals surface area contributed by atoms with E-state index in [1.54, 1.807) is 11.9 Å². The Hall–Kier alpha value is -1.51. The summed E-state index contributed by atoms with van der Waals surface area (Å²) in [5.74, 6) is 0.0669. The summed E-state index contributed by atoms with van der Waals surface area (Å²) in [5, 5.41) is 0. The zero-order valence-electron chi connectivity index (χ0n) is 6.87. The van der Waals surface area contributed by atoms with Crippen LogP contribution in [0.4, 0.5) is 5.69 Å². The molecule has 0 radical (unpaired) electrons. The van der Waals surface area contributed by atoms with E-state index in [4.69, 9.17) is 5.73 Å². The summed E-state index contributed by atoms with van der Waals surface area (Å²) < 4.78 is 0. The molecule has 0 fully saturated rings. The predicted molar refractivity (Wildman–Crippen MR) is 46.7 cm³/mol. The number of anilines is 1. The third-order valence-corrected chi connectivity index (χ3v) is 2.18. The number of benzene rings is 1. The molecule has 1 aromatic rings. The van der Waals surface area contributed by atoms with Crippen molar-refractivity contribution in [2.24, 2.45) is 0 Å². The second-order valence-electron chi connectivity index (χ2n) is 3.03. The summed E-state index contributed by atoms with van der Waals surface area (Å²) in [6, 6.07) is 5.45. The summed E-state index contributed by atoms with van der Waals surface area (Å²) >= 11 is 0. The van der Waals surface area contributed by atoms with Gasteiger partial charge in [-0.15, -0.1) is 0 Å². The van der Waals surface area contributed by atoms with Crippen LogP contribution >= 0.6 is 0 Å². The Morgan fingerprint density at radius 2 is 2.25 bits per heavy atom. The molecule has 2 N–H and O–H groups in total. The van der Waals surface area contributed by atoms with Gasteiger partial charge in [-0.25, -0.2) is 0 Å². The van der Waals surface area contributed by atoms with Gasteiger partial charge < -0.3 is 10.6 Å². The van der Waals surface area contributed by atoms with Gasteiger partial charge in [-0.1, -0.05) is 6.07 Å². The van der Waals surface area contributed by atoms with Crippen molar-refractivity contribution in [2.75, 3.05) is 12.8 Å². The molecule has 3 heteroatoms. The molecule has 0 aliphatic carbocycles. The Kier molecular flexibility index (Phi) is 1.33. The normalized spacial score (nSPS) is 15.1. The average Bonchev–Trinajstić information content (AvgIpc) is 2.32. The number of nitrogens with zero attached hydrogens (tertiary/aromatic N) is 1. The number of fused-ring (bicyclic) bond motifs is 1. The van der Waals surface area contributed by atoms with Crippen LogP contribution in [0.2, 0.25) is 0 Å². The van der Waals surface area contributed by atoms with Crippen LogP contribution in [0.25, 0.3) is 0 Å². The maximum absolute atomic E-state index is 11.4. The van der Waals surface area contributed by atoms with E-state index in [0.29, 0.717) is 12.2 Å². The van der Waals surface area contributed by atoms with Crippen LogP contribution < -0.4 is 5.73 Å². The smallest absolute Gasteiger partial charge is 0.254 e. The van der Waals surface area contributed by atoms with Crippen LogP contribution in [0.1, 0.15) is 15.9 Å². The van der Waals surface area contributed by atoms with Crippen molar-refractivity contribution >= 4 is 11.6 Å². The molecular weight excluding hydrogens is 152 g/mol. The lowest BCUT2D eigenvalue weighted by atomic mass is 10.1. The maximum atomic E-state index is 11.4. The molecule has 0 bridgehead atoms. The van der Waals surface area contributed by atoms with Gasteiger partial charge in [0.15, 0.2) is 0 Å². The van der Waals surface area contributed by atoms with Gasteiger partial charge >= 0.3 is 0 Å². The first-order chi connectivity index (χ1) is 5.70. The van der Waals surface area contributed by atoms with Crippen LogP contribution in [0.15, 0.2) is 18.2 Å². The van der Waals surface area contributed by atoms with Gasteiger partial charge in [0, 0.05) is 30.4 Å². The van der Waals surface area contributed by atoms with Gasteiger partial charge in [-0.2, -0.15) is 0 Å². The van der Waals surface area contributed by atoms with Gasteiger partial charge in [0.2, 0.25) is 0 Å². The second kappa shape index (κ2) is 2.24. The Balaban J connectivity index is 2.61. The Labute approximate surface area is 70.8 Å². The molecule has 1 aliphatic heterocycles. The highest BCUT2D eigenvalue weighted by molar-refractivity contribution is 5.99. The van der Waals surface area contributed by atoms with Crippen LogP contribution in [-0.4, -0.2) is 17.9 Å². The van der Waals surface area contributed by atoms with E-state index >= 15 is 0 Å². The maximum Gasteiger partial charge on any atom is 0.254 e. The quantitative estimate of drug-likeness (QED) is 0.575. The van der Waals surface area contributed by atoms with Gasteiger partial charge in [0.1, 0.15) is 0 Å². The molecule has 3 nitrogen and oxygen atoms in total. The topological polar surface area (TPSA) is 46.3 Å². The average molecular weight is 162 g/mol. The van der Waals surface area contributed by atoms with Crippen LogP contribution in [0.5, 0.6) is 0 Å². The van der Waals surface area contributed by atoms with Crippen molar-refractivity contribution in [3.63, 3.8) is 0 Å².